The van der Waals surface area contributed by atoms with Crippen LogP contribution >= 0.6 is 39.1 Å². The number of rotatable bonds is 6. The van der Waals surface area contributed by atoms with Crippen molar-refractivity contribution in [3.05, 3.63) is 91.0 Å². The number of benzene rings is 3. The summed E-state index contributed by atoms with van der Waals surface area (Å²) in [6.07, 6.45) is 1.08. The summed E-state index contributed by atoms with van der Waals surface area (Å²) in [6, 6.07) is 33.0. The zero-order valence-corrected chi connectivity index (χ0v) is 17.4. The van der Waals surface area contributed by atoms with Gasteiger partial charge in [0.25, 0.3) is 0 Å². The van der Waals surface area contributed by atoms with E-state index in [1.165, 1.54) is 15.9 Å². The van der Waals surface area contributed by atoms with Crippen LogP contribution in [-0.2, 0) is 0 Å². The van der Waals surface area contributed by atoms with Crippen molar-refractivity contribution >= 4 is 55.0 Å². The van der Waals surface area contributed by atoms with Gasteiger partial charge in [-0.05, 0) is 52.3 Å². The van der Waals surface area contributed by atoms with Gasteiger partial charge in [0.1, 0.15) is 27.7 Å². The fourth-order valence-corrected chi connectivity index (χ4v) is 11.3. The van der Waals surface area contributed by atoms with Gasteiger partial charge in [-0.15, -0.1) is 0 Å². The smallest absolute Gasteiger partial charge is 0.0926 e. The third-order valence-corrected chi connectivity index (χ3v) is 11.5. The summed E-state index contributed by atoms with van der Waals surface area (Å²) >= 11 is 7.74. The number of halogens is 2. The number of hydrogen-bond acceptors (Lipinski definition) is 0. The van der Waals surface area contributed by atoms with Gasteiger partial charge in [0.05, 0.1) is 0 Å². The molecule has 0 heterocycles. The average molecular weight is 463 g/mol. The lowest BCUT2D eigenvalue weighted by Crippen LogP contribution is -2.36. The molecule has 0 aliphatic heterocycles. The van der Waals surface area contributed by atoms with Crippen LogP contribution < -0.4 is 15.9 Å². The van der Waals surface area contributed by atoms with Gasteiger partial charge in [-0.3, -0.25) is 0 Å². The van der Waals surface area contributed by atoms with E-state index in [4.69, 9.17) is 0 Å². The molecular weight excluding hydrogens is 443 g/mol. The molecule has 0 nitrogen and oxygen atoms in total. The first kappa shape index (κ1) is 17.9. The lowest BCUT2D eigenvalue weighted by atomic mass is 10.4. The average Bonchev–Trinajstić information content (AvgIpc) is 2.65. The van der Waals surface area contributed by atoms with Gasteiger partial charge in [0.2, 0.25) is 0 Å². The molecule has 0 aliphatic rings. The Morgan fingerprint density at radius 3 is 1.25 bits per heavy atom. The van der Waals surface area contributed by atoms with Gasteiger partial charge in [-0.2, -0.15) is 0 Å². The molecule has 0 bridgehead atoms. The largest absolute Gasteiger partial charge is 0.138 e. The molecule has 3 aromatic carbocycles. The molecule has 0 aliphatic carbocycles. The Hall–Kier alpha value is -0.950. The highest BCUT2D eigenvalue weighted by Gasteiger charge is 2.50. The highest BCUT2D eigenvalue weighted by atomic mass is 79.9. The molecule has 0 fully saturated rings. The normalized spacial score (nSPS) is 12.8. The van der Waals surface area contributed by atoms with Crippen LogP contribution in [0.15, 0.2) is 91.0 Å². The molecule has 24 heavy (non-hydrogen) atoms. The molecule has 0 N–H and O–H groups in total. The van der Waals surface area contributed by atoms with E-state index >= 15 is 0 Å². The third kappa shape index (κ3) is 3.38. The fourth-order valence-electron chi connectivity index (χ4n) is 3.21. The van der Waals surface area contributed by atoms with Gasteiger partial charge in [-0.1, -0.05) is 70.5 Å². The van der Waals surface area contributed by atoms with Crippen molar-refractivity contribution in [1.82, 2.24) is 0 Å². The second-order valence-electron chi connectivity index (χ2n) is 5.64. The summed E-state index contributed by atoms with van der Waals surface area (Å²) in [5.74, 6) is 0. The van der Waals surface area contributed by atoms with Crippen LogP contribution in [0.5, 0.6) is 0 Å². The second kappa shape index (κ2) is 8.43. The van der Waals surface area contributed by atoms with Crippen molar-refractivity contribution in [2.45, 2.75) is 11.0 Å². The van der Waals surface area contributed by atoms with E-state index in [2.05, 4.69) is 123 Å². The lowest BCUT2D eigenvalue weighted by Gasteiger charge is -2.31. The first-order valence-electron chi connectivity index (χ1n) is 8.05. The Morgan fingerprint density at radius 2 is 0.958 bits per heavy atom. The molecular formula is C21H20Br2P+. The summed E-state index contributed by atoms with van der Waals surface area (Å²) < 4.78 is 0.386. The standard InChI is InChI=1S/C21H20Br2P/c22-17-16-21(23)24(18-10-4-1-5-11-18,19-12-6-2-7-13-19)20-14-8-3-9-15-20/h1-15,21H,16-17H2/q+1. The molecule has 0 aromatic heterocycles. The summed E-state index contributed by atoms with van der Waals surface area (Å²) in [4.78, 5) is 0. The van der Waals surface area contributed by atoms with E-state index in [9.17, 15) is 0 Å². The predicted octanol–water partition coefficient (Wildman–Crippen LogP) is 5.49. The Kier molecular flexibility index (Phi) is 6.27. The van der Waals surface area contributed by atoms with E-state index in [0.717, 1.165) is 11.8 Å². The first-order valence-corrected chi connectivity index (χ1v) is 11.9. The van der Waals surface area contributed by atoms with Crippen molar-refractivity contribution < 1.29 is 0 Å². The van der Waals surface area contributed by atoms with Crippen LogP contribution in [0.1, 0.15) is 6.42 Å². The Balaban J connectivity index is 2.33. The molecule has 0 saturated heterocycles. The van der Waals surface area contributed by atoms with Gasteiger partial charge in [0, 0.05) is 11.8 Å². The Labute approximate surface area is 161 Å². The molecule has 0 spiro atoms. The molecule has 3 rings (SSSR count). The van der Waals surface area contributed by atoms with Crippen LogP contribution in [0.4, 0.5) is 0 Å². The van der Waals surface area contributed by atoms with E-state index < -0.39 is 7.26 Å². The SMILES string of the molecule is BrCCC(Br)[P+](c1ccccc1)(c1ccccc1)c1ccccc1. The topological polar surface area (TPSA) is 0 Å². The zero-order valence-electron chi connectivity index (χ0n) is 13.4. The van der Waals surface area contributed by atoms with E-state index in [1.807, 2.05) is 0 Å². The van der Waals surface area contributed by atoms with Crippen LogP contribution in [0.25, 0.3) is 0 Å². The predicted molar refractivity (Wildman–Crippen MR) is 116 cm³/mol. The molecule has 3 aromatic rings. The fraction of sp³-hybridized carbons (Fsp3) is 0.143. The summed E-state index contributed by atoms with van der Waals surface area (Å²) in [5.41, 5.74) is 0. The number of alkyl halides is 2. The summed E-state index contributed by atoms with van der Waals surface area (Å²) in [6.45, 7) is 0. The summed E-state index contributed by atoms with van der Waals surface area (Å²) in [5, 5.41) is 5.25. The van der Waals surface area contributed by atoms with Crippen molar-refractivity contribution in [2.75, 3.05) is 5.33 Å². The van der Waals surface area contributed by atoms with Crippen molar-refractivity contribution in [1.29, 1.82) is 0 Å². The van der Waals surface area contributed by atoms with Crippen LogP contribution in [0, 0.1) is 0 Å². The van der Waals surface area contributed by atoms with Crippen LogP contribution in [0.3, 0.4) is 0 Å². The molecule has 0 saturated carbocycles. The molecule has 1 unspecified atom stereocenters. The zero-order chi connectivity index (χ0) is 16.8. The molecule has 0 radical (unpaired) electrons. The van der Waals surface area contributed by atoms with Gasteiger partial charge in [-0.25, -0.2) is 0 Å². The number of hydrogen-bond donors (Lipinski definition) is 0. The van der Waals surface area contributed by atoms with Crippen molar-refractivity contribution in [3.8, 4) is 0 Å². The van der Waals surface area contributed by atoms with Gasteiger partial charge >= 0.3 is 0 Å². The van der Waals surface area contributed by atoms with Crippen LogP contribution in [0.2, 0.25) is 0 Å². The molecule has 0 amide bonds. The molecule has 3 heteroatoms. The highest BCUT2D eigenvalue weighted by molar-refractivity contribution is 9.11. The van der Waals surface area contributed by atoms with Crippen LogP contribution in [-0.4, -0.2) is 9.90 Å². The van der Waals surface area contributed by atoms with Gasteiger partial charge in [0.15, 0.2) is 0 Å². The molecule has 122 valence electrons. The highest BCUT2D eigenvalue weighted by Crippen LogP contribution is 2.62. The minimum Gasteiger partial charge on any atom is -0.0926 e. The monoisotopic (exact) mass is 461 g/mol. The Bertz CT molecular complexity index is 648. The molecule has 1 atom stereocenters. The van der Waals surface area contributed by atoms with E-state index in [1.54, 1.807) is 0 Å². The minimum absolute atomic E-state index is 0.386. The minimum atomic E-state index is -1.77. The maximum atomic E-state index is 4.09. The van der Waals surface area contributed by atoms with Crippen molar-refractivity contribution in [2.24, 2.45) is 0 Å². The van der Waals surface area contributed by atoms with Gasteiger partial charge < -0.3 is 0 Å². The first-order chi connectivity index (χ1) is 11.8. The lowest BCUT2D eigenvalue weighted by molar-refractivity contribution is 1.08. The quantitative estimate of drug-likeness (QED) is 0.335. The maximum Gasteiger partial charge on any atom is 0.138 e. The van der Waals surface area contributed by atoms with E-state index in [-0.39, 0.29) is 0 Å². The second-order valence-corrected chi connectivity index (χ2v) is 11.9. The maximum absolute atomic E-state index is 4.09. The van der Waals surface area contributed by atoms with Crippen molar-refractivity contribution in [3.63, 3.8) is 0 Å². The van der Waals surface area contributed by atoms with E-state index in [0.29, 0.717) is 4.57 Å². The summed E-state index contributed by atoms with van der Waals surface area (Å²) in [7, 11) is -1.77. The Morgan fingerprint density at radius 1 is 0.625 bits per heavy atom. The third-order valence-electron chi connectivity index (χ3n) is 4.26.